The normalized spacial score (nSPS) is 18.7. The molecule has 4 aromatic carbocycles. The molecule has 0 radical (unpaired) electrons. The van der Waals surface area contributed by atoms with Crippen molar-refractivity contribution in [1.82, 2.24) is 0 Å². The highest BCUT2D eigenvalue weighted by molar-refractivity contribution is 7.85. The summed E-state index contributed by atoms with van der Waals surface area (Å²) in [7, 11) is -2.13. The van der Waals surface area contributed by atoms with Crippen LogP contribution in [-0.2, 0) is 20.9 Å². The molecule has 5 nitrogen and oxygen atoms in total. The summed E-state index contributed by atoms with van der Waals surface area (Å²) in [6.45, 7) is 8.75. The number of rotatable bonds is 6. The first kappa shape index (κ1) is 28.8. The van der Waals surface area contributed by atoms with Gasteiger partial charge in [0, 0.05) is 41.6 Å². The van der Waals surface area contributed by atoms with Gasteiger partial charge in [0.1, 0.15) is 0 Å². The third kappa shape index (κ3) is 4.94. The van der Waals surface area contributed by atoms with E-state index in [2.05, 4.69) is 100 Å². The Kier molecular flexibility index (Phi) is 7.03. The summed E-state index contributed by atoms with van der Waals surface area (Å²) in [6.07, 6.45) is 14.0. The Morgan fingerprint density at radius 3 is 2.00 bits per heavy atom. The zero-order chi connectivity index (χ0) is 30.6. The molecule has 43 heavy (non-hydrogen) atoms. The molecule has 4 aromatic rings. The smallest absolute Gasteiger partial charge is 0.326 e. The van der Waals surface area contributed by atoms with E-state index in [0.717, 1.165) is 27.7 Å². The summed E-state index contributed by atoms with van der Waals surface area (Å²) in [5.74, 6) is -0.500. The van der Waals surface area contributed by atoms with Gasteiger partial charge in [-0.15, -0.1) is 0 Å². The predicted octanol–water partition coefficient (Wildman–Crippen LogP) is 8.19. The van der Waals surface area contributed by atoms with Crippen LogP contribution in [0.3, 0.4) is 0 Å². The Morgan fingerprint density at radius 2 is 1.33 bits per heavy atom. The first-order chi connectivity index (χ1) is 20.4. The van der Waals surface area contributed by atoms with Crippen molar-refractivity contribution in [2.24, 2.45) is 0 Å². The van der Waals surface area contributed by atoms with E-state index in [1.54, 1.807) is 4.58 Å². The lowest BCUT2D eigenvalue weighted by molar-refractivity contribution is -0.415. The van der Waals surface area contributed by atoms with E-state index in [1.807, 2.05) is 54.6 Å². The number of allylic oxidation sites excluding steroid dienone is 8. The fourth-order valence-electron chi connectivity index (χ4n) is 7.02. The van der Waals surface area contributed by atoms with Gasteiger partial charge in [-0.2, -0.15) is 13.0 Å². The van der Waals surface area contributed by atoms with Gasteiger partial charge in [0.15, 0.2) is 5.71 Å². The maximum Gasteiger partial charge on any atom is 0.326 e. The fraction of sp³-hybridized carbons (Fsp3) is 0.216. The Balaban J connectivity index is 1.27. The van der Waals surface area contributed by atoms with Gasteiger partial charge < -0.3 is 4.90 Å². The standard InChI is InChI=1S/C37H36N2O3S/c1-36(2)32(38(5)30-23-21-26-15-11-13-17-28(26)34(30)36)19-9-7-6-8-10-20-33-37(3,4)35-29-18-14-12-16-27(29)22-24-31(35)39(33)25-43(40,41)42/h6-24H,25H2,1-5H3/p+1. The van der Waals surface area contributed by atoms with E-state index >= 15 is 0 Å². The quantitative estimate of drug-likeness (QED) is 0.140. The SMILES string of the molecule is CN1/C(=C/C=C/C=C/C=C/C2=[N+](CS(=O)(=O)O)c3ccc4ccccc4c3C2(C)C)C(C)(C)c2c1ccc1ccccc21. The van der Waals surface area contributed by atoms with Gasteiger partial charge in [0.2, 0.25) is 5.69 Å². The Morgan fingerprint density at radius 1 is 0.744 bits per heavy atom. The number of nitrogens with zero attached hydrogens (tertiary/aromatic N) is 2. The Bertz CT molecular complexity index is 2040. The maximum absolute atomic E-state index is 12.0. The summed E-state index contributed by atoms with van der Waals surface area (Å²) < 4.78 is 35.5. The molecule has 2 aliphatic rings. The van der Waals surface area contributed by atoms with Gasteiger partial charge >= 0.3 is 10.1 Å². The van der Waals surface area contributed by atoms with Crippen molar-refractivity contribution in [3.05, 3.63) is 132 Å². The second kappa shape index (κ2) is 10.5. The fourth-order valence-corrected chi connectivity index (χ4v) is 7.62. The van der Waals surface area contributed by atoms with E-state index in [1.165, 1.54) is 27.7 Å². The minimum atomic E-state index is -4.25. The monoisotopic (exact) mass is 589 g/mol. The van der Waals surface area contributed by atoms with Gasteiger partial charge in [-0.25, -0.2) is 0 Å². The summed E-state index contributed by atoms with van der Waals surface area (Å²) in [5, 5.41) is 4.72. The Hall–Kier alpha value is -4.26. The molecule has 0 saturated carbocycles. The molecule has 0 bridgehead atoms. The van der Waals surface area contributed by atoms with Crippen molar-refractivity contribution in [2.75, 3.05) is 17.8 Å². The summed E-state index contributed by atoms with van der Waals surface area (Å²) in [6, 6.07) is 25.0. The van der Waals surface area contributed by atoms with Crippen LogP contribution in [-0.4, -0.2) is 36.2 Å². The third-order valence-corrected chi connectivity index (χ3v) is 9.48. The molecule has 0 saturated heterocycles. The summed E-state index contributed by atoms with van der Waals surface area (Å²) in [4.78, 5) is 2.28. The number of likely N-dealkylation sites (N-methyl/N-ethyl adjacent to an activating group) is 1. The average Bonchev–Trinajstić information content (AvgIpc) is 3.29. The zero-order valence-corrected chi connectivity index (χ0v) is 26.1. The predicted molar refractivity (Wildman–Crippen MR) is 179 cm³/mol. The van der Waals surface area contributed by atoms with E-state index in [4.69, 9.17) is 0 Å². The second-order valence-electron chi connectivity index (χ2n) is 12.4. The lowest BCUT2D eigenvalue weighted by Gasteiger charge is -2.24. The van der Waals surface area contributed by atoms with Crippen molar-refractivity contribution >= 4 is 48.7 Å². The van der Waals surface area contributed by atoms with Crippen LogP contribution >= 0.6 is 0 Å². The zero-order valence-electron chi connectivity index (χ0n) is 25.2. The van der Waals surface area contributed by atoms with E-state index in [9.17, 15) is 13.0 Å². The molecular formula is C37H37N2O3S+. The number of hydrogen-bond donors (Lipinski definition) is 1. The highest BCUT2D eigenvalue weighted by atomic mass is 32.2. The van der Waals surface area contributed by atoms with Crippen molar-refractivity contribution in [1.29, 1.82) is 0 Å². The van der Waals surface area contributed by atoms with Crippen LogP contribution in [0.25, 0.3) is 21.5 Å². The molecule has 0 aromatic heterocycles. The Labute approximate surface area is 254 Å². The van der Waals surface area contributed by atoms with Crippen LogP contribution in [0.15, 0.2) is 121 Å². The number of anilines is 1. The van der Waals surface area contributed by atoms with E-state index < -0.39 is 21.4 Å². The molecule has 6 heteroatoms. The second-order valence-corrected chi connectivity index (χ2v) is 13.8. The van der Waals surface area contributed by atoms with Crippen LogP contribution in [0.1, 0.15) is 38.8 Å². The van der Waals surface area contributed by atoms with Crippen LogP contribution in [0.4, 0.5) is 11.4 Å². The molecule has 0 fully saturated rings. The molecule has 1 N–H and O–H groups in total. The van der Waals surface area contributed by atoms with Crippen molar-refractivity contribution in [3.8, 4) is 0 Å². The minimum absolute atomic E-state index is 0.140. The van der Waals surface area contributed by atoms with Crippen LogP contribution < -0.4 is 4.90 Å². The van der Waals surface area contributed by atoms with Gasteiger partial charge in [-0.3, -0.25) is 4.55 Å². The first-order valence-electron chi connectivity index (χ1n) is 14.5. The number of fused-ring (bicyclic) bond motifs is 6. The molecule has 2 heterocycles. The van der Waals surface area contributed by atoms with Gasteiger partial charge in [0.25, 0.3) is 5.88 Å². The van der Waals surface area contributed by atoms with Crippen LogP contribution in [0.5, 0.6) is 0 Å². The minimum Gasteiger partial charge on any atom is -0.347 e. The van der Waals surface area contributed by atoms with Gasteiger partial charge in [0.05, 0.1) is 5.41 Å². The lowest BCUT2D eigenvalue weighted by Crippen LogP contribution is -2.29. The molecule has 2 aliphatic heterocycles. The topological polar surface area (TPSA) is 60.6 Å². The highest BCUT2D eigenvalue weighted by Gasteiger charge is 2.46. The lowest BCUT2D eigenvalue weighted by atomic mass is 9.79. The first-order valence-corrected chi connectivity index (χ1v) is 16.1. The molecule has 0 atom stereocenters. The van der Waals surface area contributed by atoms with Crippen molar-refractivity contribution in [2.45, 2.75) is 38.5 Å². The van der Waals surface area contributed by atoms with E-state index in [0.29, 0.717) is 0 Å². The highest BCUT2D eigenvalue weighted by Crippen LogP contribution is 2.50. The third-order valence-electron chi connectivity index (χ3n) is 8.89. The van der Waals surface area contributed by atoms with Crippen LogP contribution in [0, 0.1) is 0 Å². The van der Waals surface area contributed by atoms with Crippen molar-refractivity contribution in [3.63, 3.8) is 0 Å². The van der Waals surface area contributed by atoms with Gasteiger partial charge in [-0.1, -0.05) is 98.8 Å². The van der Waals surface area contributed by atoms with Crippen LogP contribution in [0.2, 0.25) is 0 Å². The molecule has 0 spiro atoms. The van der Waals surface area contributed by atoms with Gasteiger partial charge in [-0.05, 0) is 59.2 Å². The molecule has 0 aliphatic carbocycles. The summed E-state index contributed by atoms with van der Waals surface area (Å²) in [5.41, 5.74) is 5.88. The molecule has 6 rings (SSSR count). The number of hydrogen-bond acceptors (Lipinski definition) is 3. The maximum atomic E-state index is 12.0. The molecule has 0 unspecified atom stereocenters. The number of benzene rings is 4. The molecular weight excluding hydrogens is 552 g/mol. The molecule has 218 valence electrons. The largest absolute Gasteiger partial charge is 0.347 e. The average molecular weight is 590 g/mol. The summed E-state index contributed by atoms with van der Waals surface area (Å²) >= 11 is 0. The van der Waals surface area contributed by atoms with Crippen molar-refractivity contribution < 1.29 is 17.5 Å². The molecule has 0 amide bonds. The van der Waals surface area contributed by atoms with E-state index in [-0.39, 0.29) is 5.41 Å².